The first-order valence-electron chi connectivity index (χ1n) is 17.4. The van der Waals surface area contributed by atoms with Crippen LogP contribution in [-0.4, -0.2) is 86.6 Å². The number of H-pyrrole nitrogens is 1. The lowest BCUT2D eigenvalue weighted by Crippen LogP contribution is -2.43. The van der Waals surface area contributed by atoms with Crippen molar-refractivity contribution in [1.29, 1.82) is 0 Å². The number of aromatic nitrogens is 5. The van der Waals surface area contributed by atoms with Gasteiger partial charge in [0.05, 0.1) is 23.1 Å². The Hall–Kier alpha value is -5.23. The Bertz CT molecular complexity index is 2240. The van der Waals surface area contributed by atoms with E-state index in [2.05, 4.69) is 27.1 Å². The number of aryl methyl sites for hydroxylation is 2. The number of nitrogens with one attached hydrogen (secondary N) is 2. The number of piperidine rings is 1. The van der Waals surface area contributed by atoms with Crippen LogP contribution in [0.2, 0.25) is 0 Å². The molecule has 2 N–H and O–H groups in total. The Morgan fingerprint density at radius 2 is 1.94 bits per heavy atom. The predicted molar refractivity (Wildman–Crippen MR) is 198 cm³/mol. The standard InChI is InChI=1S/C39H45FN8O3/c1-9-30(49)47-16-13-25(24(6)20-47)32-26-18-28(40)35(31-22(4)10-11-29-27(31)19-43-45-29)44-37(26)48(36-23(5)12-14-41-34(36)21(2)3)39(51)33(32)38(50)42-15-17-46(7)8/h9-12,14,18-19,21,24-25H,1,13,15-17,20H2,2-8H3,(H,42,50)(H,43,45)/t24-,25?/m0/s1. The Kier molecular flexibility index (Phi) is 9.90. The predicted octanol–water partition coefficient (Wildman–Crippen LogP) is 5.63. The van der Waals surface area contributed by atoms with E-state index >= 15 is 9.18 Å². The second kappa shape index (κ2) is 14.2. The fourth-order valence-corrected chi connectivity index (χ4v) is 7.40. The molecule has 6 rings (SSSR count). The summed E-state index contributed by atoms with van der Waals surface area (Å²) in [5.41, 5.74) is 4.11. The van der Waals surface area contributed by atoms with Gasteiger partial charge in [-0.3, -0.25) is 29.0 Å². The summed E-state index contributed by atoms with van der Waals surface area (Å²) in [6.45, 7) is 15.0. The summed E-state index contributed by atoms with van der Waals surface area (Å²) >= 11 is 0. The number of hydrogen-bond acceptors (Lipinski definition) is 7. The smallest absolute Gasteiger partial charge is 0.270 e. The molecule has 0 spiro atoms. The minimum atomic E-state index is -0.594. The van der Waals surface area contributed by atoms with Gasteiger partial charge in [-0.15, -0.1) is 0 Å². The van der Waals surface area contributed by atoms with Gasteiger partial charge >= 0.3 is 0 Å². The first kappa shape index (κ1) is 35.6. The molecule has 1 fully saturated rings. The first-order valence-corrected chi connectivity index (χ1v) is 17.4. The summed E-state index contributed by atoms with van der Waals surface area (Å²) in [5.74, 6) is -1.94. The summed E-state index contributed by atoms with van der Waals surface area (Å²) in [7, 11) is 3.80. The quantitative estimate of drug-likeness (QED) is 0.192. The molecule has 266 valence electrons. The number of hydrogen-bond donors (Lipinski definition) is 2. The van der Waals surface area contributed by atoms with Gasteiger partial charge in [-0.05, 0) is 93.1 Å². The largest absolute Gasteiger partial charge is 0.351 e. The molecular formula is C39H45FN8O3. The Balaban J connectivity index is 1.74. The number of fused-ring (bicyclic) bond motifs is 2. The van der Waals surface area contributed by atoms with Crippen molar-refractivity contribution in [3.8, 4) is 16.9 Å². The molecule has 5 aromatic rings. The summed E-state index contributed by atoms with van der Waals surface area (Å²) in [6.07, 6.45) is 5.09. The third-order valence-corrected chi connectivity index (χ3v) is 9.97. The van der Waals surface area contributed by atoms with Crippen LogP contribution in [0, 0.1) is 25.6 Å². The summed E-state index contributed by atoms with van der Waals surface area (Å²) in [6, 6.07) is 7.00. The molecule has 0 radical (unpaired) electrons. The fourth-order valence-electron chi connectivity index (χ4n) is 7.40. The maximum absolute atomic E-state index is 16.9. The monoisotopic (exact) mass is 692 g/mol. The number of halogens is 1. The summed E-state index contributed by atoms with van der Waals surface area (Å²) < 4.78 is 18.3. The average molecular weight is 693 g/mol. The number of likely N-dealkylation sites (tertiary alicyclic amines) is 1. The number of likely N-dealkylation sites (N-methyl/N-ethyl adjacent to an activating group) is 1. The van der Waals surface area contributed by atoms with Crippen LogP contribution >= 0.6 is 0 Å². The van der Waals surface area contributed by atoms with E-state index in [0.717, 1.165) is 16.6 Å². The highest BCUT2D eigenvalue weighted by molar-refractivity contribution is 6.02. The van der Waals surface area contributed by atoms with E-state index in [1.165, 1.54) is 16.7 Å². The van der Waals surface area contributed by atoms with Crippen molar-refractivity contribution in [3.63, 3.8) is 0 Å². The molecular weight excluding hydrogens is 647 g/mol. The minimum Gasteiger partial charge on any atom is -0.351 e. The molecule has 1 aromatic carbocycles. The molecule has 2 atom stereocenters. The lowest BCUT2D eigenvalue weighted by atomic mass is 9.78. The van der Waals surface area contributed by atoms with Gasteiger partial charge in [-0.25, -0.2) is 9.37 Å². The van der Waals surface area contributed by atoms with Gasteiger partial charge in [0.15, 0.2) is 0 Å². The molecule has 1 unspecified atom stereocenters. The van der Waals surface area contributed by atoms with E-state index in [4.69, 9.17) is 4.98 Å². The van der Waals surface area contributed by atoms with E-state index in [1.54, 1.807) is 17.3 Å². The lowest BCUT2D eigenvalue weighted by molar-refractivity contribution is -0.127. The highest BCUT2D eigenvalue weighted by Crippen LogP contribution is 2.41. The van der Waals surface area contributed by atoms with Gasteiger partial charge in [-0.2, -0.15) is 5.10 Å². The second-order valence-electron chi connectivity index (χ2n) is 14.1. The van der Waals surface area contributed by atoms with Crippen molar-refractivity contribution in [3.05, 3.63) is 93.4 Å². The molecule has 0 bridgehead atoms. The van der Waals surface area contributed by atoms with Crippen molar-refractivity contribution < 1.29 is 14.0 Å². The maximum atomic E-state index is 16.9. The SMILES string of the molecule is C=CC(=O)N1CCC(c2c(C(=O)NCCN(C)C)c(=O)n(-c3c(C)ccnc3C(C)C)c3nc(-c4c(C)ccc5[nH]ncc45)c(F)cc23)[C@@H](C)C1. The van der Waals surface area contributed by atoms with Gasteiger partial charge in [0.1, 0.15) is 22.7 Å². The van der Waals surface area contributed by atoms with E-state index in [0.29, 0.717) is 65.9 Å². The van der Waals surface area contributed by atoms with Crippen LogP contribution in [0.15, 0.2) is 54.1 Å². The summed E-state index contributed by atoms with van der Waals surface area (Å²) in [5, 5.41) is 11.2. The van der Waals surface area contributed by atoms with Gasteiger partial charge < -0.3 is 15.1 Å². The highest BCUT2D eigenvalue weighted by atomic mass is 19.1. The van der Waals surface area contributed by atoms with Crippen molar-refractivity contribution in [1.82, 2.24) is 39.8 Å². The number of amides is 2. The molecule has 1 aliphatic rings. The van der Waals surface area contributed by atoms with Crippen molar-refractivity contribution in [2.45, 2.75) is 52.9 Å². The van der Waals surface area contributed by atoms with Crippen LogP contribution in [0.3, 0.4) is 0 Å². The topological polar surface area (TPSA) is 129 Å². The molecule has 51 heavy (non-hydrogen) atoms. The lowest BCUT2D eigenvalue weighted by Gasteiger charge is -2.38. The minimum absolute atomic E-state index is 0.0540. The Morgan fingerprint density at radius 1 is 1.18 bits per heavy atom. The molecule has 1 saturated heterocycles. The third-order valence-electron chi connectivity index (χ3n) is 9.97. The van der Waals surface area contributed by atoms with Crippen LogP contribution in [0.25, 0.3) is 38.9 Å². The first-order chi connectivity index (χ1) is 24.3. The average Bonchev–Trinajstić information content (AvgIpc) is 3.56. The zero-order chi connectivity index (χ0) is 36.7. The van der Waals surface area contributed by atoms with Crippen molar-refractivity contribution in [2.24, 2.45) is 5.92 Å². The van der Waals surface area contributed by atoms with Crippen molar-refractivity contribution >= 4 is 33.8 Å². The van der Waals surface area contributed by atoms with Crippen LogP contribution in [0.4, 0.5) is 4.39 Å². The molecule has 12 heteroatoms. The highest BCUT2D eigenvalue weighted by Gasteiger charge is 2.36. The van der Waals surface area contributed by atoms with Crippen LogP contribution < -0.4 is 10.9 Å². The van der Waals surface area contributed by atoms with Crippen LogP contribution in [0.1, 0.15) is 71.8 Å². The number of rotatable bonds is 9. The number of aromatic amines is 1. The molecule has 2 amide bonds. The molecule has 1 aliphatic heterocycles. The number of carbonyl (C=O) groups excluding carboxylic acids is 2. The zero-order valence-corrected chi connectivity index (χ0v) is 30.3. The zero-order valence-electron chi connectivity index (χ0n) is 30.3. The van der Waals surface area contributed by atoms with Crippen LogP contribution in [0.5, 0.6) is 0 Å². The van der Waals surface area contributed by atoms with Crippen molar-refractivity contribution in [2.75, 3.05) is 40.3 Å². The normalized spacial score (nSPS) is 16.4. The Labute approximate surface area is 296 Å². The van der Waals surface area contributed by atoms with Gasteiger partial charge in [0.25, 0.3) is 11.5 Å². The van der Waals surface area contributed by atoms with E-state index < -0.39 is 17.3 Å². The van der Waals surface area contributed by atoms with Gasteiger partial charge in [0.2, 0.25) is 5.91 Å². The Morgan fingerprint density at radius 3 is 2.63 bits per heavy atom. The molecule has 0 saturated carbocycles. The second-order valence-corrected chi connectivity index (χ2v) is 14.1. The van der Waals surface area contributed by atoms with Crippen LogP contribution in [-0.2, 0) is 4.79 Å². The number of carbonyl (C=O) groups is 2. The number of pyridine rings is 3. The maximum Gasteiger partial charge on any atom is 0.270 e. The molecule has 5 heterocycles. The number of nitrogens with zero attached hydrogens (tertiary/aromatic N) is 6. The van der Waals surface area contributed by atoms with E-state index in [9.17, 15) is 9.59 Å². The molecule has 11 nitrogen and oxygen atoms in total. The van der Waals surface area contributed by atoms with Gasteiger partial charge in [0, 0.05) is 48.7 Å². The van der Waals surface area contributed by atoms with E-state index in [1.807, 2.05) is 71.8 Å². The summed E-state index contributed by atoms with van der Waals surface area (Å²) in [4.78, 5) is 55.6. The van der Waals surface area contributed by atoms with E-state index in [-0.39, 0.29) is 40.6 Å². The third kappa shape index (κ3) is 6.44. The molecule has 4 aromatic heterocycles. The van der Waals surface area contributed by atoms with Gasteiger partial charge in [-0.1, -0.05) is 33.4 Å². The number of benzene rings is 1. The fraction of sp³-hybridized carbons (Fsp3) is 0.385. The molecule has 0 aliphatic carbocycles.